The van der Waals surface area contributed by atoms with E-state index in [0.717, 1.165) is 41.4 Å². The summed E-state index contributed by atoms with van der Waals surface area (Å²) in [5.74, 6) is -1.31. The maximum Gasteiger partial charge on any atom is 0.324 e. The summed E-state index contributed by atoms with van der Waals surface area (Å²) < 4.78 is 29.6. The Morgan fingerprint density at radius 2 is 1.67 bits per heavy atom. The normalized spacial score (nSPS) is 14.1. The number of anilines is 1. The van der Waals surface area contributed by atoms with Gasteiger partial charge >= 0.3 is 5.97 Å². The first-order chi connectivity index (χ1) is 15.6. The number of carbonyl (C=O) groups excluding carboxylic acids is 1. The molecule has 0 atom stereocenters. The number of rotatable bonds is 6. The molecule has 0 unspecified atom stereocenters. The lowest BCUT2D eigenvalue weighted by molar-refractivity contribution is -0.135. The van der Waals surface area contributed by atoms with Crippen LogP contribution in [-0.2, 0) is 21.9 Å². The number of carboxylic acids is 1. The van der Waals surface area contributed by atoms with Gasteiger partial charge in [0.05, 0.1) is 21.7 Å². The van der Waals surface area contributed by atoms with E-state index in [1.807, 2.05) is 11.0 Å². The van der Waals surface area contributed by atoms with Crippen LogP contribution in [0.15, 0.2) is 47.5 Å². The molecule has 33 heavy (non-hydrogen) atoms. The first-order valence-electron chi connectivity index (χ1n) is 10.8. The second kappa shape index (κ2) is 8.55. The number of aromatic nitrogens is 1. The predicted molar refractivity (Wildman–Crippen MR) is 126 cm³/mol. The number of nitrogens with zero attached hydrogens (tertiary/aromatic N) is 3. The van der Waals surface area contributed by atoms with E-state index in [9.17, 15) is 23.1 Å². The fraction of sp³-hybridized carbons (Fsp3) is 0.333. The molecule has 0 radical (unpaired) electrons. The van der Waals surface area contributed by atoms with Crippen molar-refractivity contribution in [1.29, 1.82) is 0 Å². The van der Waals surface area contributed by atoms with Crippen LogP contribution in [0.5, 0.6) is 0 Å². The summed E-state index contributed by atoms with van der Waals surface area (Å²) in [6, 6.07) is 9.80. The zero-order valence-electron chi connectivity index (χ0n) is 18.9. The van der Waals surface area contributed by atoms with E-state index >= 15 is 0 Å². The first-order valence-corrected chi connectivity index (χ1v) is 12.2. The number of hydrogen-bond donors (Lipinski definition) is 1. The molecule has 1 N–H and O–H groups in total. The van der Waals surface area contributed by atoms with Crippen LogP contribution in [0.3, 0.4) is 0 Å². The number of aryl methyl sites for hydroxylation is 3. The van der Waals surface area contributed by atoms with Gasteiger partial charge in [-0.1, -0.05) is 6.07 Å². The number of likely N-dealkylation sites (tertiary alicyclic amines) is 1. The molecule has 8 nitrogen and oxygen atoms in total. The van der Waals surface area contributed by atoms with E-state index in [1.54, 1.807) is 49.9 Å². The van der Waals surface area contributed by atoms with E-state index in [2.05, 4.69) is 0 Å². The van der Waals surface area contributed by atoms with Crippen molar-refractivity contribution in [3.63, 3.8) is 0 Å². The van der Waals surface area contributed by atoms with Crippen LogP contribution < -0.4 is 4.31 Å². The van der Waals surface area contributed by atoms with E-state index < -0.39 is 22.5 Å². The van der Waals surface area contributed by atoms with Crippen LogP contribution in [0.2, 0.25) is 0 Å². The van der Waals surface area contributed by atoms with Crippen LogP contribution in [0.1, 0.15) is 34.3 Å². The van der Waals surface area contributed by atoms with Gasteiger partial charge in [0.25, 0.3) is 15.9 Å². The van der Waals surface area contributed by atoms with Crippen molar-refractivity contribution < 1.29 is 23.1 Å². The third-order valence-electron chi connectivity index (χ3n) is 5.95. The van der Waals surface area contributed by atoms with Gasteiger partial charge in [0, 0.05) is 31.7 Å². The van der Waals surface area contributed by atoms with Crippen LogP contribution in [-0.4, -0.2) is 54.5 Å². The highest BCUT2D eigenvalue weighted by Crippen LogP contribution is 2.31. The fourth-order valence-electron chi connectivity index (χ4n) is 4.44. The molecule has 2 heterocycles. The topological polar surface area (TPSA) is 99.9 Å². The molecule has 2 aromatic carbocycles. The van der Waals surface area contributed by atoms with Crippen molar-refractivity contribution in [3.8, 4) is 0 Å². The monoisotopic (exact) mass is 469 g/mol. The van der Waals surface area contributed by atoms with Crippen LogP contribution in [0, 0.1) is 13.8 Å². The number of sulfonamides is 1. The maximum absolute atomic E-state index is 13.5. The lowest BCUT2D eigenvalue weighted by Gasteiger charge is -2.23. The average molecular weight is 470 g/mol. The van der Waals surface area contributed by atoms with Crippen molar-refractivity contribution in [1.82, 2.24) is 9.47 Å². The van der Waals surface area contributed by atoms with Crippen molar-refractivity contribution in [2.45, 2.75) is 31.6 Å². The predicted octanol–water partition coefficient (Wildman–Crippen LogP) is 3.31. The Hall–Kier alpha value is -3.33. The van der Waals surface area contributed by atoms with Gasteiger partial charge in [-0.05, 0) is 68.1 Å². The molecule has 0 aliphatic carbocycles. The first kappa shape index (κ1) is 22.8. The summed E-state index contributed by atoms with van der Waals surface area (Å²) in [5.41, 5.74) is 2.98. The Labute approximate surface area is 193 Å². The Morgan fingerprint density at radius 1 is 1.03 bits per heavy atom. The maximum atomic E-state index is 13.5. The second-order valence-electron chi connectivity index (χ2n) is 8.58. The number of benzene rings is 2. The minimum Gasteiger partial charge on any atom is -0.480 e. The Morgan fingerprint density at radius 3 is 2.27 bits per heavy atom. The van der Waals surface area contributed by atoms with Crippen LogP contribution in [0.4, 0.5) is 5.69 Å². The van der Waals surface area contributed by atoms with Gasteiger partial charge in [-0.25, -0.2) is 8.42 Å². The van der Waals surface area contributed by atoms with E-state index in [-0.39, 0.29) is 16.5 Å². The Kier molecular flexibility index (Phi) is 5.92. The van der Waals surface area contributed by atoms with Crippen LogP contribution in [0.25, 0.3) is 10.9 Å². The molecule has 0 spiro atoms. The van der Waals surface area contributed by atoms with Crippen molar-refractivity contribution in [2.24, 2.45) is 7.05 Å². The molecule has 0 bridgehead atoms. The highest BCUT2D eigenvalue weighted by Gasteiger charge is 2.29. The molecule has 1 saturated heterocycles. The lowest BCUT2D eigenvalue weighted by atomic mass is 10.1. The van der Waals surface area contributed by atoms with Gasteiger partial charge in [0.1, 0.15) is 6.54 Å². The zero-order chi connectivity index (χ0) is 23.9. The molecular formula is C24H27N3O5S. The number of hydrogen-bond acceptors (Lipinski definition) is 4. The highest BCUT2D eigenvalue weighted by molar-refractivity contribution is 7.92. The van der Waals surface area contributed by atoms with Gasteiger partial charge in [0.15, 0.2) is 0 Å². The molecule has 9 heteroatoms. The molecule has 3 aromatic rings. The number of carbonyl (C=O) groups is 2. The SMILES string of the molecule is Cc1cc(C)cc(S(=O)(=O)N(CC(=O)O)c2ccc3c(C(=O)N4CCCC4)cn(C)c3c2)c1. The van der Waals surface area contributed by atoms with Crippen molar-refractivity contribution >= 4 is 38.5 Å². The van der Waals surface area contributed by atoms with E-state index in [0.29, 0.717) is 16.5 Å². The molecular weight excluding hydrogens is 442 g/mol. The summed E-state index contributed by atoms with van der Waals surface area (Å²) in [7, 11) is -2.35. The lowest BCUT2D eigenvalue weighted by Crippen LogP contribution is -2.35. The molecule has 174 valence electrons. The minimum absolute atomic E-state index is 0.0399. The fourth-order valence-corrected chi connectivity index (χ4v) is 6.03. The quantitative estimate of drug-likeness (QED) is 0.597. The third-order valence-corrected chi connectivity index (χ3v) is 7.70. The molecule has 1 aliphatic rings. The number of amides is 1. The zero-order valence-corrected chi connectivity index (χ0v) is 19.7. The van der Waals surface area contributed by atoms with Crippen molar-refractivity contribution in [3.05, 3.63) is 59.3 Å². The Bertz CT molecular complexity index is 1330. The summed E-state index contributed by atoms with van der Waals surface area (Å²) in [4.78, 5) is 26.4. The molecule has 4 rings (SSSR count). The third kappa shape index (κ3) is 4.32. The summed E-state index contributed by atoms with van der Waals surface area (Å²) in [6.45, 7) is 4.33. The summed E-state index contributed by atoms with van der Waals surface area (Å²) >= 11 is 0. The van der Waals surface area contributed by atoms with E-state index in [1.165, 1.54) is 12.1 Å². The smallest absolute Gasteiger partial charge is 0.324 e. The standard InChI is InChI=1S/C24H27N3O5S/c1-16-10-17(2)12-19(11-16)33(31,32)27(15-23(28)29)18-6-7-20-21(14-25(3)22(20)13-18)24(30)26-8-4-5-9-26/h6-7,10-14H,4-5,8-9,15H2,1-3H3,(H,28,29). The number of carboxylic acid groups (broad SMARTS) is 1. The molecule has 1 aliphatic heterocycles. The van der Waals surface area contributed by atoms with Gasteiger partial charge in [-0.3, -0.25) is 13.9 Å². The number of aliphatic carboxylic acids is 1. The summed E-state index contributed by atoms with van der Waals surface area (Å²) in [6.07, 6.45) is 3.72. The van der Waals surface area contributed by atoms with Gasteiger partial charge in [-0.2, -0.15) is 0 Å². The molecule has 1 fully saturated rings. The average Bonchev–Trinajstić information content (AvgIpc) is 3.39. The van der Waals surface area contributed by atoms with Gasteiger partial charge < -0.3 is 14.6 Å². The summed E-state index contributed by atoms with van der Waals surface area (Å²) in [5, 5.41) is 10.2. The number of fused-ring (bicyclic) bond motifs is 1. The largest absolute Gasteiger partial charge is 0.480 e. The molecule has 0 saturated carbocycles. The van der Waals surface area contributed by atoms with Gasteiger partial charge in [0.2, 0.25) is 0 Å². The minimum atomic E-state index is -4.13. The van der Waals surface area contributed by atoms with Crippen LogP contribution >= 0.6 is 0 Å². The Balaban J connectivity index is 1.80. The molecule has 1 aromatic heterocycles. The molecule has 1 amide bonds. The van der Waals surface area contributed by atoms with E-state index in [4.69, 9.17) is 0 Å². The van der Waals surface area contributed by atoms with Gasteiger partial charge in [-0.15, -0.1) is 0 Å². The second-order valence-corrected chi connectivity index (χ2v) is 10.4. The van der Waals surface area contributed by atoms with Crippen molar-refractivity contribution in [2.75, 3.05) is 23.9 Å². The highest BCUT2D eigenvalue weighted by atomic mass is 32.2.